The molecular formula is C15H22O2. The Morgan fingerprint density at radius 1 is 1.65 bits per heavy atom. The first-order valence-corrected chi connectivity index (χ1v) is 6.13. The van der Waals surface area contributed by atoms with Crippen molar-refractivity contribution in [3.05, 3.63) is 36.0 Å². The van der Waals surface area contributed by atoms with Gasteiger partial charge >= 0.3 is 0 Å². The average molecular weight is 234 g/mol. The lowest BCUT2D eigenvalue weighted by molar-refractivity contribution is -0.115. The van der Waals surface area contributed by atoms with Crippen molar-refractivity contribution in [2.45, 2.75) is 39.7 Å². The van der Waals surface area contributed by atoms with E-state index in [0.29, 0.717) is 12.8 Å². The van der Waals surface area contributed by atoms with E-state index < -0.39 is 6.10 Å². The predicted octanol–water partition coefficient (Wildman–Crippen LogP) is 3.04. The Balaban J connectivity index is 2.57. The lowest BCUT2D eigenvalue weighted by Crippen LogP contribution is -2.23. The topological polar surface area (TPSA) is 37.3 Å². The molecule has 0 amide bonds. The Hall–Kier alpha value is -1.15. The summed E-state index contributed by atoms with van der Waals surface area (Å²) in [5, 5.41) is 9.73. The van der Waals surface area contributed by atoms with Crippen LogP contribution in [0.5, 0.6) is 0 Å². The third-order valence-electron chi connectivity index (χ3n) is 3.18. The Morgan fingerprint density at radius 2 is 2.29 bits per heavy atom. The molecule has 2 heteroatoms. The van der Waals surface area contributed by atoms with E-state index in [9.17, 15) is 9.90 Å². The molecule has 0 fully saturated rings. The second-order valence-electron chi connectivity index (χ2n) is 5.22. The zero-order chi connectivity index (χ0) is 13.0. The van der Waals surface area contributed by atoms with Crippen LogP contribution in [0.15, 0.2) is 36.0 Å². The number of carbonyl (C=O) groups is 1. The minimum Gasteiger partial charge on any atom is -0.388 e. The summed E-state index contributed by atoms with van der Waals surface area (Å²) in [4.78, 5) is 11.7. The van der Waals surface area contributed by atoms with Gasteiger partial charge in [0, 0.05) is 6.42 Å². The Morgan fingerprint density at radius 3 is 2.82 bits per heavy atom. The lowest BCUT2D eigenvalue weighted by Gasteiger charge is -2.27. The molecular weight excluding hydrogens is 212 g/mol. The van der Waals surface area contributed by atoms with Gasteiger partial charge in [0.05, 0.1) is 6.10 Å². The van der Waals surface area contributed by atoms with Crippen molar-refractivity contribution < 1.29 is 9.90 Å². The Labute approximate surface area is 104 Å². The maximum atomic E-state index is 11.7. The van der Waals surface area contributed by atoms with Gasteiger partial charge < -0.3 is 5.11 Å². The summed E-state index contributed by atoms with van der Waals surface area (Å²) < 4.78 is 0. The molecule has 0 bridgehead atoms. The molecule has 0 heterocycles. The zero-order valence-corrected chi connectivity index (χ0v) is 10.9. The third kappa shape index (κ3) is 4.31. The number of hydrogen-bond acceptors (Lipinski definition) is 2. The molecule has 0 aromatic carbocycles. The molecule has 0 spiro atoms. The molecule has 0 saturated carbocycles. The van der Waals surface area contributed by atoms with Crippen molar-refractivity contribution >= 4 is 5.78 Å². The maximum Gasteiger partial charge on any atom is 0.155 e. The molecule has 0 aromatic heterocycles. The van der Waals surface area contributed by atoms with E-state index >= 15 is 0 Å². The molecule has 0 saturated heterocycles. The number of ketones is 1. The first-order valence-electron chi connectivity index (χ1n) is 6.13. The molecule has 0 aromatic rings. The molecule has 1 rings (SSSR count). The Bertz CT molecular complexity index is 359. The fourth-order valence-electron chi connectivity index (χ4n) is 2.12. The number of carbonyl (C=O) groups excluding carboxylic acids is 1. The van der Waals surface area contributed by atoms with E-state index in [-0.39, 0.29) is 17.6 Å². The van der Waals surface area contributed by atoms with Crippen molar-refractivity contribution in [3.8, 4) is 0 Å². The van der Waals surface area contributed by atoms with Crippen LogP contribution < -0.4 is 0 Å². The van der Waals surface area contributed by atoms with E-state index in [2.05, 4.69) is 19.6 Å². The van der Waals surface area contributed by atoms with Crippen molar-refractivity contribution in [1.29, 1.82) is 0 Å². The molecule has 0 aliphatic heterocycles. The average Bonchev–Trinajstić information content (AvgIpc) is 2.20. The van der Waals surface area contributed by atoms with Crippen LogP contribution in [0.3, 0.4) is 0 Å². The molecule has 1 N–H and O–H groups in total. The molecule has 0 radical (unpaired) electrons. The summed E-state index contributed by atoms with van der Waals surface area (Å²) in [6.45, 7) is 9.69. The van der Waals surface area contributed by atoms with E-state index in [1.807, 2.05) is 19.9 Å². The summed E-state index contributed by atoms with van der Waals surface area (Å²) in [6.07, 6.45) is 6.40. The number of hydrogen-bond donors (Lipinski definition) is 1. The molecule has 1 aliphatic carbocycles. The monoisotopic (exact) mass is 234 g/mol. The van der Waals surface area contributed by atoms with Crippen LogP contribution >= 0.6 is 0 Å². The number of aliphatic hydroxyl groups is 1. The molecule has 0 unspecified atom stereocenters. The minimum absolute atomic E-state index is 0.171. The zero-order valence-electron chi connectivity index (χ0n) is 10.9. The van der Waals surface area contributed by atoms with Gasteiger partial charge in [-0.15, -0.1) is 0 Å². The van der Waals surface area contributed by atoms with E-state index in [0.717, 1.165) is 11.1 Å². The van der Waals surface area contributed by atoms with Gasteiger partial charge in [-0.25, -0.2) is 0 Å². The molecule has 2 nitrogen and oxygen atoms in total. The van der Waals surface area contributed by atoms with Crippen LogP contribution in [-0.4, -0.2) is 17.0 Å². The van der Waals surface area contributed by atoms with E-state index in [1.54, 1.807) is 6.08 Å². The highest BCUT2D eigenvalue weighted by Crippen LogP contribution is 2.29. The van der Waals surface area contributed by atoms with Crippen LogP contribution in [0.25, 0.3) is 0 Å². The van der Waals surface area contributed by atoms with Gasteiger partial charge in [0.2, 0.25) is 0 Å². The van der Waals surface area contributed by atoms with Crippen molar-refractivity contribution in [2.75, 3.05) is 0 Å². The second kappa shape index (κ2) is 5.97. The van der Waals surface area contributed by atoms with Gasteiger partial charge in [-0.2, -0.15) is 0 Å². The van der Waals surface area contributed by atoms with Gasteiger partial charge in [0.1, 0.15) is 0 Å². The smallest absolute Gasteiger partial charge is 0.155 e. The molecule has 17 heavy (non-hydrogen) atoms. The van der Waals surface area contributed by atoms with Gasteiger partial charge in [-0.05, 0) is 43.8 Å². The van der Waals surface area contributed by atoms with Crippen molar-refractivity contribution in [3.63, 3.8) is 0 Å². The van der Waals surface area contributed by atoms with Crippen LogP contribution in [-0.2, 0) is 4.79 Å². The normalized spacial score (nSPS) is 25.5. The van der Waals surface area contributed by atoms with Gasteiger partial charge in [-0.3, -0.25) is 4.79 Å². The van der Waals surface area contributed by atoms with Crippen LogP contribution in [0.2, 0.25) is 0 Å². The first kappa shape index (κ1) is 13.9. The van der Waals surface area contributed by atoms with Gasteiger partial charge in [-0.1, -0.05) is 31.2 Å². The quantitative estimate of drug-likeness (QED) is 0.759. The van der Waals surface area contributed by atoms with E-state index in [1.165, 1.54) is 0 Å². The summed E-state index contributed by atoms with van der Waals surface area (Å²) >= 11 is 0. The fourth-order valence-corrected chi connectivity index (χ4v) is 2.12. The molecule has 1 aliphatic rings. The minimum atomic E-state index is -0.453. The largest absolute Gasteiger partial charge is 0.388 e. The van der Waals surface area contributed by atoms with Crippen LogP contribution in [0.4, 0.5) is 0 Å². The lowest BCUT2D eigenvalue weighted by atomic mass is 9.80. The van der Waals surface area contributed by atoms with Crippen molar-refractivity contribution in [1.82, 2.24) is 0 Å². The predicted molar refractivity (Wildman–Crippen MR) is 70.6 cm³/mol. The summed E-state index contributed by atoms with van der Waals surface area (Å²) in [6, 6.07) is 0. The highest BCUT2D eigenvalue weighted by Gasteiger charge is 2.24. The summed E-state index contributed by atoms with van der Waals surface area (Å²) in [5.74, 6) is 0.701. The third-order valence-corrected chi connectivity index (χ3v) is 3.18. The molecule has 94 valence electrons. The fraction of sp³-hybridized carbons (Fsp3) is 0.533. The second-order valence-corrected chi connectivity index (χ2v) is 5.22. The van der Waals surface area contributed by atoms with Gasteiger partial charge in [0.15, 0.2) is 5.78 Å². The standard InChI is InChI=1S/C15H22O2/c1-10(2)7-14(16)8-12(4)13-6-5-11(3)15(17)9-13/h5-7,12-13,15,17H,3,8-9H2,1-2,4H3/t12-,13+,15-/m1/s1. The number of aliphatic hydroxyl groups excluding tert-OH is 1. The molecule has 3 atom stereocenters. The SMILES string of the molecule is C=C1C=C[C@H]([C@H](C)CC(=O)C=C(C)C)C[C@H]1O. The number of allylic oxidation sites excluding steroid dienone is 3. The Kier molecular flexibility index (Phi) is 4.88. The van der Waals surface area contributed by atoms with Gasteiger partial charge in [0.25, 0.3) is 0 Å². The highest BCUT2D eigenvalue weighted by molar-refractivity contribution is 5.90. The first-order chi connectivity index (χ1) is 7.90. The van der Waals surface area contributed by atoms with Crippen LogP contribution in [0.1, 0.15) is 33.6 Å². The maximum absolute atomic E-state index is 11.7. The number of rotatable bonds is 4. The van der Waals surface area contributed by atoms with Crippen molar-refractivity contribution in [2.24, 2.45) is 11.8 Å². The van der Waals surface area contributed by atoms with E-state index in [4.69, 9.17) is 0 Å². The summed E-state index contributed by atoms with van der Waals surface area (Å²) in [5.41, 5.74) is 1.80. The highest BCUT2D eigenvalue weighted by atomic mass is 16.3. The summed E-state index contributed by atoms with van der Waals surface area (Å²) in [7, 11) is 0. The van der Waals surface area contributed by atoms with Crippen LogP contribution in [0, 0.1) is 11.8 Å².